The first kappa shape index (κ1) is 19.0. The molecular formula is C18H15BrCl2N2O3. The Balaban J connectivity index is 1.76. The maximum atomic E-state index is 12.6. The lowest BCUT2D eigenvalue weighted by Crippen LogP contribution is -2.28. The van der Waals surface area contributed by atoms with Crippen molar-refractivity contribution in [1.29, 1.82) is 0 Å². The van der Waals surface area contributed by atoms with E-state index in [4.69, 9.17) is 27.9 Å². The molecule has 8 heteroatoms. The van der Waals surface area contributed by atoms with Gasteiger partial charge in [0.15, 0.2) is 0 Å². The summed E-state index contributed by atoms with van der Waals surface area (Å²) in [6, 6.07) is 10.2. The predicted molar refractivity (Wildman–Crippen MR) is 106 cm³/mol. The average molecular weight is 458 g/mol. The molecule has 136 valence electrons. The summed E-state index contributed by atoms with van der Waals surface area (Å²) in [5.74, 6) is -0.336. The van der Waals surface area contributed by atoms with Crippen molar-refractivity contribution in [2.24, 2.45) is 5.92 Å². The van der Waals surface area contributed by atoms with Gasteiger partial charge < -0.3 is 15.0 Å². The van der Waals surface area contributed by atoms with Gasteiger partial charge in [-0.1, -0.05) is 23.2 Å². The van der Waals surface area contributed by atoms with Crippen LogP contribution in [-0.4, -0.2) is 25.5 Å². The van der Waals surface area contributed by atoms with Crippen LogP contribution in [-0.2, 0) is 9.59 Å². The number of hydrogen-bond donors (Lipinski definition) is 1. The largest absolute Gasteiger partial charge is 0.495 e. The van der Waals surface area contributed by atoms with Gasteiger partial charge in [0.2, 0.25) is 11.8 Å². The number of rotatable bonds is 4. The second-order valence-electron chi connectivity index (χ2n) is 5.84. The normalized spacial score (nSPS) is 16.7. The Morgan fingerprint density at radius 3 is 2.73 bits per heavy atom. The first-order valence-electron chi connectivity index (χ1n) is 7.79. The fraction of sp³-hybridized carbons (Fsp3) is 0.222. The van der Waals surface area contributed by atoms with Crippen molar-refractivity contribution in [3.63, 3.8) is 0 Å². The van der Waals surface area contributed by atoms with Gasteiger partial charge in [-0.05, 0) is 52.3 Å². The lowest BCUT2D eigenvalue weighted by atomic mass is 10.1. The minimum Gasteiger partial charge on any atom is -0.495 e. The Morgan fingerprint density at radius 2 is 2.04 bits per heavy atom. The molecule has 0 aliphatic carbocycles. The molecule has 1 heterocycles. The van der Waals surface area contributed by atoms with E-state index in [2.05, 4.69) is 21.2 Å². The SMILES string of the molecule is COc1ccc(Cl)cc1N1C[C@@H](C(=O)Nc2ccc(Br)c(Cl)c2)CC1=O. The van der Waals surface area contributed by atoms with E-state index < -0.39 is 5.92 Å². The molecule has 1 atom stereocenters. The summed E-state index contributed by atoms with van der Waals surface area (Å²) in [7, 11) is 1.52. The Labute approximate surface area is 169 Å². The predicted octanol–water partition coefficient (Wildman–Crippen LogP) is 4.76. The van der Waals surface area contributed by atoms with E-state index in [1.165, 1.54) is 12.0 Å². The summed E-state index contributed by atoms with van der Waals surface area (Å²) in [6.45, 7) is 0.256. The molecule has 0 aromatic heterocycles. The van der Waals surface area contributed by atoms with Crippen LogP contribution in [0.2, 0.25) is 10.0 Å². The summed E-state index contributed by atoms with van der Waals surface area (Å²) in [4.78, 5) is 26.5. The minimum absolute atomic E-state index is 0.117. The molecule has 5 nitrogen and oxygen atoms in total. The fourth-order valence-corrected chi connectivity index (χ4v) is 3.40. The Bertz CT molecular complexity index is 876. The van der Waals surface area contributed by atoms with E-state index in [0.29, 0.717) is 27.2 Å². The fourth-order valence-electron chi connectivity index (χ4n) is 2.81. The van der Waals surface area contributed by atoms with E-state index in [-0.39, 0.29) is 24.8 Å². The number of halogens is 3. The van der Waals surface area contributed by atoms with Crippen LogP contribution in [0.4, 0.5) is 11.4 Å². The standard InChI is InChI=1S/C18H15BrCl2N2O3/c1-26-16-5-2-11(20)7-15(16)23-9-10(6-17(23)24)18(25)22-12-3-4-13(19)14(21)8-12/h2-5,7-8,10H,6,9H2,1H3,(H,22,25)/t10-/m0/s1. The Morgan fingerprint density at radius 1 is 1.27 bits per heavy atom. The third-order valence-corrected chi connectivity index (χ3v) is 5.58. The first-order valence-corrected chi connectivity index (χ1v) is 9.33. The summed E-state index contributed by atoms with van der Waals surface area (Å²) < 4.78 is 6.05. The number of carbonyl (C=O) groups excluding carboxylic acids is 2. The summed E-state index contributed by atoms with van der Waals surface area (Å²) in [6.07, 6.45) is 0.117. The van der Waals surface area contributed by atoms with Crippen molar-refractivity contribution < 1.29 is 14.3 Å². The zero-order valence-electron chi connectivity index (χ0n) is 13.8. The lowest BCUT2D eigenvalue weighted by Gasteiger charge is -2.20. The molecular weight excluding hydrogens is 443 g/mol. The monoisotopic (exact) mass is 456 g/mol. The molecule has 1 saturated heterocycles. The molecule has 1 aliphatic heterocycles. The minimum atomic E-state index is -0.478. The number of hydrogen-bond acceptors (Lipinski definition) is 3. The third kappa shape index (κ3) is 3.98. The van der Waals surface area contributed by atoms with Crippen LogP contribution in [0.15, 0.2) is 40.9 Å². The zero-order valence-corrected chi connectivity index (χ0v) is 16.9. The molecule has 0 spiro atoms. The molecule has 0 unspecified atom stereocenters. The summed E-state index contributed by atoms with van der Waals surface area (Å²) in [5.41, 5.74) is 1.14. The summed E-state index contributed by atoms with van der Waals surface area (Å²) in [5, 5.41) is 3.79. The van der Waals surface area contributed by atoms with Gasteiger partial charge in [-0.3, -0.25) is 9.59 Å². The molecule has 2 amide bonds. The van der Waals surface area contributed by atoms with Crippen LogP contribution in [0.1, 0.15) is 6.42 Å². The number of anilines is 2. The van der Waals surface area contributed by atoms with Gasteiger partial charge in [0.1, 0.15) is 5.75 Å². The van der Waals surface area contributed by atoms with Gasteiger partial charge in [-0.2, -0.15) is 0 Å². The topological polar surface area (TPSA) is 58.6 Å². The number of ether oxygens (including phenoxy) is 1. The van der Waals surface area contributed by atoms with E-state index in [0.717, 1.165) is 4.47 Å². The highest BCUT2D eigenvalue weighted by atomic mass is 79.9. The lowest BCUT2D eigenvalue weighted by molar-refractivity contribution is -0.122. The number of nitrogens with one attached hydrogen (secondary N) is 1. The van der Waals surface area contributed by atoms with E-state index in [9.17, 15) is 9.59 Å². The van der Waals surface area contributed by atoms with Crippen LogP contribution in [0.3, 0.4) is 0 Å². The molecule has 0 radical (unpaired) electrons. The van der Waals surface area contributed by atoms with Gasteiger partial charge in [-0.15, -0.1) is 0 Å². The molecule has 3 rings (SSSR count). The van der Waals surface area contributed by atoms with Crippen LogP contribution >= 0.6 is 39.1 Å². The zero-order chi connectivity index (χ0) is 18.8. The summed E-state index contributed by atoms with van der Waals surface area (Å²) >= 11 is 15.4. The second-order valence-corrected chi connectivity index (χ2v) is 7.54. The van der Waals surface area contributed by atoms with Gasteiger partial charge in [0, 0.05) is 28.1 Å². The number of nitrogens with zero attached hydrogens (tertiary/aromatic N) is 1. The van der Waals surface area contributed by atoms with Crippen molar-refractivity contribution in [3.05, 3.63) is 50.9 Å². The smallest absolute Gasteiger partial charge is 0.229 e. The molecule has 0 bridgehead atoms. The van der Waals surface area contributed by atoms with Crippen LogP contribution in [0, 0.1) is 5.92 Å². The molecule has 1 N–H and O–H groups in total. The molecule has 26 heavy (non-hydrogen) atoms. The molecule has 1 fully saturated rings. The molecule has 2 aromatic rings. The highest BCUT2D eigenvalue weighted by Gasteiger charge is 2.36. The average Bonchev–Trinajstić information content (AvgIpc) is 3.00. The van der Waals surface area contributed by atoms with Crippen molar-refractivity contribution in [1.82, 2.24) is 0 Å². The molecule has 1 aliphatic rings. The highest BCUT2D eigenvalue weighted by Crippen LogP contribution is 2.35. The van der Waals surface area contributed by atoms with Crippen molar-refractivity contribution in [2.45, 2.75) is 6.42 Å². The molecule has 2 aromatic carbocycles. The van der Waals surface area contributed by atoms with Gasteiger partial charge >= 0.3 is 0 Å². The van der Waals surface area contributed by atoms with E-state index in [1.54, 1.807) is 36.4 Å². The third-order valence-electron chi connectivity index (χ3n) is 4.11. The maximum absolute atomic E-state index is 12.6. The van der Waals surface area contributed by atoms with Crippen LogP contribution in [0.25, 0.3) is 0 Å². The number of amides is 2. The van der Waals surface area contributed by atoms with Crippen LogP contribution < -0.4 is 15.0 Å². The maximum Gasteiger partial charge on any atom is 0.229 e. The van der Waals surface area contributed by atoms with Crippen molar-refractivity contribution in [3.8, 4) is 5.75 Å². The van der Waals surface area contributed by atoms with Gasteiger partial charge in [-0.25, -0.2) is 0 Å². The number of benzene rings is 2. The van der Waals surface area contributed by atoms with Crippen molar-refractivity contribution >= 4 is 62.3 Å². The van der Waals surface area contributed by atoms with Crippen LogP contribution in [0.5, 0.6) is 5.75 Å². The van der Waals surface area contributed by atoms with Gasteiger partial charge in [0.05, 0.1) is 23.7 Å². The quantitative estimate of drug-likeness (QED) is 0.720. The van der Waals surface area contributed by atoms with Gasteiger partial charge in [0.25, 0.3) is 0 Å². The first-order chi connectivity index (χ1) is 12.4. The molecule has 0 saturated carbocycles. The Hall–Kier alpha value is -1.76. The Kier molecular flexibility index (Phi) is 5.75. The number of methoxy groups -OCH3 is 1. The highest BCUT2D eigenvalue weighted by molar-refractivity contribution is 9.10. The number of carbonyl (C=O) groups is 2. The second kappa shape index (κ2) is 7.86. The van der Waals surface area contributed by atoms with E-state index >= 15 is 0 Å². The van der Waals surface area contributed by atoms with E-state index in [1.807, 2.05) is 0 Å². The van der Waals surface area contributed by atoms with Crippen molar-refractivity contribution in [2.75, 3.05) is 23.9 Å².